The van der Waals surface area contributed by atoms with Crippen LogP contribution >= 0.6 is 0 Å². The lowest BCUT2D eigenvalue weighted by molar-refractivity contribution is -0.721. The molecule has 0 aliphatic heterocycles. The van der Waals surface area contributed by atoms with E-state index in [1.54, 1.807) is 0 Å². The molecule has 0 spiro atoms. The van der Waals surface area contributed by atoms with Crippen molar-refractivity contribution in [3.63, 3.8) is 0 Å². The highest BCUT2D eigenvalue weighted by atomic mass is 15.0. The standard InChI is InChI=1S/C10H16N/c1-8(2)11-6-5-9(3)7-10(11)4/h5-8H,1-4H3/q+1. The van der Waals surface area contributed by atoms with Gasteiger partial charge in [-0.1, -0.05) is 0 Å². The molecule has 0 aliphatic rings. The summed E-state index contributed by atoms with van der Waals surface area (Å²) in [6.45, 7) is 8.66. The van der Waals surface area contributed by atoms with Crippen LogP contribution in [0.25, 0.3) is 0 Å². The van der Waals surface area contributed by atoms with E-state index in [0.29, 0.717) is 6.04 Å². The van der Waals surface area contributed by atoms with E-state index in [0.717, 1.165) is 0 Å². The number of hydrogen-bond acceptors (Lipinski definition) is 0. The molecule has 1 heterocycles. The highest BCUT2D eigenvalue weighted by Crippen LogP contribution is 2.00. The summed E-state index contributed by atoms with van der Waals surface area (Å²) in [5.74, 6) is 0. The Bertz CT molecular complexity index is 251. The van der Waals surface area contributed by atoms with Crippen LogP contribution in [-0.2, 0) is 0 Å². The molecule has 1 heteroatoms. The maximum atomic E-state index is 2.27. The van der Waals surface area contributed by atoms with Gasteiger partial charge in [-0.3, -0.25) is 0 Å². The van der Waals surface area contributed by atoms with Gasteiger partial charge in [0.2, 0.25) is 0 Å². The van der Waals surface area contributed by atoms with E-state index in [-0.39, 0.29) is 0 Å². The minimum Gasteiger partial charge on any atom is -0.201 e. The van der Waals surface area contributed by atoms with E-state index in [2.05, 4.69) is 50.6 Å². The zero-order valence-electron chi connectivity index (χ0n) is 7.76. The Labute approximate surface area is 68.7 Å². The van der Waals surface area contributed by atoms with Gasteiger partial charge in [0.15, 0.2) is 17.9 Å². The first-order chi connectivity index (χ1) is 5.11. The first-order valence-corrected chi connectivity index (χ1v) is 4.09. The van der Waals surface area contributed by atoms with Crippen molar-refractivity contribution in [3.8, 4) is 0 Å². The first-order valence-electron chi connectivity index (χ1n) is 4.09. The van der Waals surface area contributed by atoms with Gasteiger partial charge in [0.05, 0.1) is 0 Å². The summed E-state index contributed by atoms with van der Waals surface area (Å²) in [7, 11) is 0. The monoisotopic (exact) mass is 150 g/mol. The molecule has 11 heavy (non-hydrogen) atoms. The predicted octanol–water partition coefficient (Wildman–Crippen LogP) is 2.17. The van der Waals surface area contributed by atoms with Crippen LogP contribution in [0.15, 0.2) is 18.3 Å². The molecule has 1 aromatic heterocycles. The minimum atomic E-state index is 0.565. The van der Waals surface area contributed by atoms with Crippen molar-refractivity contribution in [3.05, 3.63) is 29.6 Å². The average Bonchev–Trinajstić information content (AvgIpc) is 1.85. The lowest BCUT2D eigenvalue weighted by Gasteiger charge is -2.03. The Hall–Kier alpha value is -0.850. The summed E-state index contributed by atoms with van der Waals surface area (Å²) in [6.07, 6.45) is 2.15. The highest BCUT2D eigenvalue weighted by Gasteiger charge is 2.08. The van der Waals surface area contributed by atoms with Gasteiger partial charge >= 0.3 is 0 Å². The SMILES string of the molecule is Cc1cc[n+](C(C)C)c(C)c1. The van der Waals surface area contributed by atoms with Crippen molar-refractivity contribution in [1.29, 1.82) is 0 Å². The van der Waals surface area contributed by atoms with Crippen LogP contribution in [0.3, 0.4) is 0 Å². The van der Waals surface area contributed by atoms with Gasteiger partial charge in [0.25, 0.3) is 0 Å². The molecule has 1 aromatic rings. The topological polar surface area (TPSA) is 3.88 Å². The van der Waals surface area contributed by atoms with Crippen LogP contribution in [0.5, 0.6) is 0 Å². The zero-order valence-corrected chi connectivity index (χ0v) is 7.76. The number of hydrogen-bond donors (Lipinski definition) is 0. The van der Waals surface area contributed by atoms with Crippen molar-refractivity contribution in [2.45, 2.75) is 33.7 Å². The first kappa shape index (κ1) is 8.25. The summed E-state index contributed by atoms with van der Waals surface area (Å²) in [5, 5.41) is 0. The smallest absolute Gasteiger partial charge is 0.178 e. The molecule has 0 radical (unpaired) electrons. The Morgan fingerprint density at radius 3 is 2.36 bits per heavy atom. The highest BCUT2D eigenvalue weighted by molar-refractivity contribution is 5.08. The molecule has 0 unspecified atom stereocenters. The quantitative estimate of drug-likeness (QED) is 0.540. The fraction of sp³-hybridized carbons (Fsp3) is 0.500. The van der Waals surface area contributed by atoms with Crippen molar-refractivity contribution in [1.82, 2.24) is 0 Å². The Morgan fingerprint density at radius 1 is 1.27 bits per heavy atom. The van der Waals surface area contributed by atoms with Gasteiger partial charge in [-0.15, -0.1) is 0 Å². The molecule has 0 saturated carbocycles. The van der Waals surface area contributed by atoms with Gasteiger partial charge in [-0.2, -0.15) is 0 Å². The van der Waals surface area contributed by atoms with E-state index in [9.17, 15) is 0 Å². The largest absolute Gasteiger partial charge is 0.201 e. The minimum absolute atomic E-state index is 0.565. The lowest BCUT2D eigenvalue weighted by Crippen LogP contribution is -2.38. The molecule has 1 rings (SSSR count). The summed E-state index contributed by atoms with van der Waals surface area (Å²) in [5.41, 5.74) is 2.67. The number of pyridine rings is 1. The van der Waals surface area contributed by atoms with E-state index >= 15 is 0 Å². The van der Waals surface area contributed by atoms with Crippen LogP contribution in [0, 0.1) is 13.8 Å². The second-order valence-electron chi connectivity index (χ2n) is 3.35. The lowest BCUT2D eigenvalue weighted by atomic mass is 10.2. The molecular formula is C10H16N+. The summed E-state index contributed by atoms with van der Waals surface area (Å²) < 4.78 is 2.27. The van der Waals surface area contributed by atoms with Crippen molar-refractivity contribution in [2.24, 2.45) is 0 Å². The van der Waals surface area contributed by atoms with Crippen LogP contribution in [0.4, 0.5) is 0 Å². The number of aryl methyl sites for hydroxylation is 2. The van der Waals surface area contributed by atoms with Crippen LogP contribution in [0.2, 0.25) is 0 Å². The van der Waals surface area contributed by atoms with E-state index in [4.69, 9.17) is 0 Å². The van der Waals surface area contributed by atoms with Crippen LogP contribution in [0.1, 0.15) is 31.1 Å². The third-order valence-electron chi connectivity index (χ3n) is 1.90. The molecular weight excluding hydrogens is 134 g/mol. The summed E-state index contributed by atoms with van der Waals surface area (Å²) in [4.78, 5) is 0. The molecule has 1 nitrogen and oxygen atoms in total. The molecule has 60 valence electrons. The van der Waals surface area contributed by atoms with Crippen molar-refractivity contribution < 1.29 is 4.57 Å². The Balaban J connectivity index is 3.09. The van der Waals surface area contributed by atoms with Gasteiger partial charge in [0, 0.05) is 19.1 Å². The molecule has 0 fully saturated rings. The van der Waals surface area contributed by atoms with Crippen LogP contribution < -0.4 is 4.57 Å². The van der Waals surface area contributed by atoms with Gasteiger partial charge in [-0.25, -0.2) is 4.57 Å². The van der Waals surface area contributed by atoms with Gasteiger partial charge < -0.3 is 0 Å². The molecule has 0 aromatic carbocycles. The maximum absolute atomic E-state index is 2.27. The van der Waals surface area contributed by atoms with Gasteiger partial charge in [0.1, 0.15) is 0 Å². The fourth-order valence-corrected chi connectivity index (χ4v) is 1.35. The Kier molecular flexibility index (Phi) is 2.28. The third-order valence-corrected chi connectivity index (χ3v) is 1.90. The second kappa shape index (κ2) is 3.04. The number of rotatable bonds is 1. The molecule has 0 saturated heterocycles. The van der Waals surface area contributed by atoms with E-state index in [1.165, 1.54) is 11.3 Å². The third kappa shape index (κ3) is 1.79. The zero-order chi connectivity index (χ0) is 8.43. The number of nitrogens with zero attached hydrogens (tertiary/aromatic N) is 1. The molecule has 0 aliphatic carbocycles. The molecule has 0 amide bonds. The molecule has 0 atom stereocenters. The average molecular weight is 150 g/mol. The Morgan fingerprint density at radius 2 is 1.91 bits per heavy atom. The number of aromatic nitrogens is 1. The predicted molar refractivity (Wildman–Crippen MR) is 46.5 cm³/mol. The fourth-order valence-electron chi connectivity index (χ4n) is 1.35. The molecule has 0 bridgehead atoms. The second-order valence-corrected chi connectivity index (χ2v) is 3.35. The normalized spacial score (nSPS) is 10.6. The van der Waals surface area contributed by atoms with E-state index < -0.39 is 0 Å². The van der Waals surface area contributed by atoms with Crippen molar-refractivity contribution >= 4 is 0 Å². The maximum Gasteiger partial charge on any atom is 0.178 e. The van der Waals surface area contributed by atoms with E-state index in [1.807, 2.05) is 0 Å². The summed E-state index contributed by atoms with van der Waals surface area (Å²) in [6, 6.07) is 4.92. The van der Waals surface area contributed by atoms with Crippen molar-refractivity contribution in [2.75, 3.05) is 0 Å². The molecule has 0 N–H and O–H groups in total. The summed E-state index contributed by atoms with van der Waals surface area (Å²) >= 11 is 0. The van der Waals surface area contributed by atoms with Crippen LogP contribution in [-0.4, -0.2) is 0 Å². The van der Waals surface area contributed by atoms with Gasteiger partial charge in [-0.05, 0) is 26.3 Å².